The van der Waals surface area contributed by atoms with E-state index < -0.39 is 0 Å². The number of nitrogens with zero attached hydrogens (tertiary/aromatic N) is 1. The van der Waals surface area contributed by atoms with Gasteiger partial charge in [0.2, 0.25) is 0 Å². The van der Waals surface area contributed by atoms with E-state index in [1.807, 2.05) is 0 Å². The lowest BCUT2D eigenvalue weighted by Gasteiger charge is -2.55. The van der Waals surface area contributed by atoms with Crippen LogP contribution in [0.3, 0.4) is 0 Å². The number of urea groups is 1. The van der Waals surface area contributed by atoms with Crippen molar-refractivity contribution in [3.05, 3.63) is 0 Å². The van der Waals surface area contributed by atoms with Crippen LogP contribution in [0, 0.1) is 5.41 Å². The summed E-state index contributed by atoms with van der Waals surface area (Å²) in [6.45, 7) is 4.52. The van der Waals surface area contributed by atoms with Gasteiger partial charge in [-0.3, -0.25) is 0 Å². The molecule has 1 heterocycles. The molecular formula is C16H29N3O2. The molecule has 3 rings (SSSR count). The number of hydrogen-bond donors (Lipinski definition) is 2. The van der Waals surface area contributed by atoms with Gasteiger partial charge in [0.15, 0.2) is 0 Å². The predicted octanol–water partition coefficient (Wildman–Crippen LogP) is 1.86. The Morgan fingerprint density at radius 3 is 2.57 bits per heavy atom. The van der Waals surface area contributed by atoms with Crippen LogP contribution in [0.25, 0.3) is 0 Å². The number of rotatable bonds is 4. The summed E-state index contributed by atoms with van der Waals surface area (Å²) in [7, 11) is 0. The second kappa shape index (κ2) is 6.13. The van der Waals surface area contributed by atoms with Crippen LogP contribution in [-0.2, 0) is 4.74 Å². The van der Waals surface area contributed by atoms with Crippen LogP contribution in [0.4, 0.5) is 4.79 Å². The molecule has 1 aliphatic heterocycles. The van der Waals surface area contributed by atoms with Crippen LogP contribution in [0.1, 0.15) is 51.9 Å². The Balaban J connectivity index is 1.53. The maximum absolute atomic E-state index is 11.2. The van der Waals surface area contributed by atoms with E-state index >= 15 is 0 Å². The van der Waals surface area contributed by atoms with Crippen molar-refractivity contribution in [2.24, 2.45) is 11.1 Å². The van der Waals surface area contributed by atoms with Crippen LogP contribution in [0.15, 0.2) is 0 Å². The van der Waals surface area contributed by atoms with E-state index in [0.29, 0.717) is 23.6 Å². The van der Waals surface area contributed by atoms with Gasteiger partial charge in [0, 0.05) is 37.2 Å². The number of piperidine rings is 1. The molecule has 2 aliphatic carbocycles. The lowest BCUT2D eigenvalue weighted by atomic mass is 9.60. The molecule has 21 heavy (non-hydrogen) atoms. The summed E-state index contributed by atoms with van der Waals surface area (Å²) >= 11 is 0. The molecule has 3 N–H and O–H groups in total. The second-order valence-electron chi connectivity index (χ2n) is 6.94. The minimum atomic E-state index is -0.277. The SMILES string of the molecule is CCOC1CC(NC2CCN(C(N)=O)CC2)C12CCCC2. The van der Waals surface area contributed by atoms with Gasteiger partial charge in [-0.1, -0.05) is 12.8 Å². The van der Waals surface area contributed by atoms with Crippen LogP contribution in [-0.4, -0.2) is 48.8 Å². The van der Waals surface area contributed by atoms with E-state index in [1.165, 1.54) is 25.7 Å². The fraction of sp³-hybridized carbons (Fsp3) is 0.938. The van der Waals surface area contributed by atoms with Crippen molar-refractivity contribution in [3.8, 4) is 0 Å². The van der Waals surface area contributed by atoms with E-state index in [2.05, 4.69) is 12.2 Å². The van der Waals surface area contributed by atoms with Gasteiger partial charge >= 0.3 is 6.03 Å². The maximum Gasteiger partial charge on any atom is 0.314 e. The number of nitrogens with two attached hydrogens (primary N) is 1. The molecule has 0 aromatic heterocycles. The topological polar surface area (TPSA) is 67.6 Å². The number of primary amides is 1. The van der Waals surface area contributed by atoms with E-state index in [0.717, 1.165) is 39.0 Å². The zero-order chi connectivity index (χ0) is 14.9. The summed E-state index contributed by atoms with van der Waals surface area (Å²) in [6, 6.07) is 0.869. The largest absolute Gasteiger partial charge is 0.378 e. The molecule has 3 fully saturated rings. The van der Waals surface area contributed by atoms with Crippen molar-refractivity contribution in [2.45, 2.75) is 70.1 Å². The Hall–Kier alpha value is -0.810. The van der Waals surface area contributed by atoms with Gasteiger partial charge < -0.3 is 20.7 Å². The zero-order valence-corrected chi connectivity index (χ0v) is 13.1. The lowest BCUT2D eigenvalue weighted by Crippen LogP contribution is -2.65. The molecule has 120 valence electrons. The lowest BCUT2D eigenvalue weighted by molar-refractivity contribution is -0.133. The number of carbonyl (C=O) groups excluding carboxylic acids is 1. The number of amides is 2. The molecule has 5 heteroatoms. The molecule has 3 aliphatic rings. The molecule has 2 atom stereocenters. The molecule has 1 saturated heterocycles. The van der Waals surface area contributed by atoms with Crippen molar-refractivity contribution < 1.29 is 9.53 Å². The van der Waals surface area contributed by atoms with Crippen LogP contribution in [0.2, 0.25) is 0 Å². The van der Waals surface area contributed by atoms with E-state index in [1.54, 1.807) is 4.90 Å². The smallest absolute Gasteiger partial charge is 0.314 e. The monoisotopic (exact) mass is 295 g/mol. The summed E-state index contributed by atoms with van der Waals surface area (Å²) in [5.41, 5.74) is 5.75. The standard InChI is InChI=1S/C16H29N3O2/c1-2-21-14-11-13(16(14)7-3-4-8-16)18-12-5-9-19(10-6-12)15(17)20/h12-14,18H,2-11H2,1H3,(H2,17,20). The highest BCUT2D eigenvalue weighted by molar-refractivity contribution is 5.72. The molecule has 2 unspecified atom stereocenters. The number of hydrogen-bond acceptors (Lipinski definition) is 3. The van der Waals surface area contributed by atoms with Gasteiger partial charge in [0.25, 0.3) is 0 Å². The van der Waals surface area contributed by atoms with Crippen molar-refractivity contribution in [1.29, 1.82) is 0 Å². The first-order valence-electron chi connectivity index (χ1n) is 8.58. The molecular weight excluding hydrogens is 266 g/mol. The second-order valence-corrected chi connectivity index (χ2v) is 6.94. The van der Waals surface area contributed by atoms with Gasteiger partial charge in [0.1, 0.15) is 0 Å². The molecule has 0 aromatic carbocycles. The van der Waals surface area contributed by atoms with E-state index in [-0.39, 0.29) is 6.03 Å². The van der Waals surface area contributed by atoms with Crippen molar-refractivity contribution >= 4 is 6.03 Å². The summed E-state index contributed by atoms with van der Waals surface area (Å²) in [6.07, 6.45) is 9.00. The number of nitrogens with one attached hydrogen (secondary N) is 1. The fourth-order valence-electron chi connectivity index (χ4n) is 4.67. The fourth-order valence-corrected chi connectivity index (χ4v) is 4.67. The minimum Gasteiger partial charge on any atom is -0.378 e. The first kappa shape index (κ1) is 15.1. The third-order valence-corrected chi connectivity index (χ3v) is 5.93. The van der Waals surface area contributed by atoms with Gasteiger partial charge in [-0.25, -0.2) is 4.79 Å². The summed E-state index contributed by atoms with van der Waals surface area (Å²) in [5, 5.41) is 3.88. The van der Waals surface area contributed by atoms with E-state index in [9.17, 15) is 4.79 Å². The van der Waals surface area contributed by atoms with Gasteiger partial charge in [-0.2, -0.15) is 0 Å². The predicted molar refractivity (Wildman–Crippen MR) is 82.0 cm³/mol. The highest BCUT2D eigenvalue weighted by Gasteiger charge is 2.56. The molecule has 1 spiro atoms. The Morgan fingerprint density at radius 1 is 1.33 bits per heavy atom. The summed E-state index contributed by atoms with van der Waals surface area (Å²) < 4.78 is 5.97. The Morgan fingerprint density at radius 2 is 2.00 bits per heavy atom. The average molecular weight is 295 g/mol. The molecule has 0 bridgehead atoms. The normalized spacial score (nSPS) is 32.3. The molecule has 5 nitrogen and oxygen atoms in total. The van der Waals surface area contributed by atoms with Gasteiger partial charge in [0.05, 0.1) is 6.10 Å². The molecule has 2 saturated carbocycles. The summed E-state index contributed by atoms with van der Waals surface area (Å²) in [5.74, 6) is 0. The molecule has 2 amide bonds. The average Bonchev–Trinajstić information content (AvgIpc) is 2.99. The quantitative estimate of drug-likeness (QED) is 0.832. The van der Waals surface area contributed by atoms with Crippen molar-refractivity contribution in [2.75, 3.05) is 19.7 Å². The summed E-state index contributed by atoms with van der Waals surface area (Å²) in [4.78, 5) is 12.9. The molecule has 0 aromatic rings. The van der Waals surface area contributed by atoms with Gasteiger partial charge in [-0.05, 0) is 39.0 Å². The Bertz CT molecular complexity index is 374. The third-order valence-electron chi connectivity index (χ3n) is 5.93. The Kier molecular flexibility index (Phi) is 4.41. The minimum absolute atomic E-state index is 0.277. The highest BCUT2D eigenvalue weighted by atomic mass is 16.5. The first-order chi connectivity index (χ1) is 10.2. The van der Waals surface area contributed by atoms with E-state index in [4.69, 9.17) is 10.5 Å². The maximum atomic E-state index is 11.2. The van der Waals surface area contributed by atoms with Crippen LogP contribution >= 0.6 is 0 Å². The Labute approximate surface area is 127 Å². The number of likely N-dealkylation sites (tertiary alicyclic amines) is 1. The van der Waals surface area contributed by atoms with Gasteiger partial charge in [-0.15, -0.1) is 0 Å². The number of ether oxygens (including phenoxy) is 1. The van der Waals surface area contributed by atoms with Crippen molar-refractivity contribution in [1.82, 2.24) is 10.2 Å². The molecule has 0 radical (unpaired) electrons. The highest BCUT2D eigenvalue weighted by Crippen LogP contribution is 2.55. The zero-order valence-electron chi connectivity index (χ0n) is 13.1. The third kappa shape index (κ3) is 2.78. The van der Waals surface area contributed by atoms with Crippen LogP contribution < -0.4 is 11.1 Å². The first-order valence-corrected chi connectivity index (χ1v) is 8.58. The number of carbonyl (C=O) groups is 1. The van der Waals surface area contributed by atoms with Crippen molar-refractivity contribution in [3.63, 3.8) is 0 Å². The van der Waals surface area contributed by atoms with Crippen LogP contribution in [0.5, 0.6) is 0 Å².